The predicted molar refractivity (Wildman–Crippen MR) is 86.3 cm³/mol. The molecule has 0 unspecified atom stereocenters. The minimum absolute atomic E-state index is 0.00429. The molecule has 0 atom stereocenters. The highest BCUT2D eigenvalue weighted by atomic mass is 32.2. The van der Waals surface area contributed by atoms with Gasteiger partial charge in [0.25, 0.3) is 0 Å². The second kappa shape index (κ2) is 6.52. The number of nitrogens with zero attached hydrogens (tertiary/aromatic N) is 2. The molecule has 8 heteroatoms. The zero-order valence-corrected chi connectivity index (χ0v) is 13.4. The number of rotatable bonds is 5. The van der Waals surface area contributed by atoms with E-state index in [0.717, 1.165) is 11.1 Å². The minimum Gasteiger partial charge on any atom is -0.428 e. The average molecular weight is 345 g/mol. The summed E-state index contributed by atoms with van der Waals surface area (Å²) >= 11 is 0. The third kappa shape index (κ3) is 3.51. The van der Waals surface area contributed by atoms with Crippen LogP contribution in [0.1, 0.15) is 17.0 Å². The molecule has 0 radical (unpaired) electrons. The standard InChI is InChI=1S/C16H15N3O4S/c17-24(21,22)14-6-5-13(9-20)15(8-14)12-3-1-11(2-4-12)7-16-19-18-10-23-16/h1-6,8,10,20H,7,9H2,(H2,17,21,22). The van der Waals surface area contributed by atoms with E-state index in [-0.39, 0.29) is 11.5 Å². The van der Waals surface area contributed by atoms with Crippen LogP contribution in [0.25, 0.3) is 11.1 Å². The SMILES string of the molecule is NS(=O)(=O)c1ccc(CO)c(-c2ccc(Cc3nnco3)cc2)c1. The van der Waals surface area contributed by atoms with Crippen molar-refractivity contribution < 1.29 is 17.9 Å². The Labute approximate surface area is 138 Å². The fourth-order valence-corrected chi connectivity index (χ4v) is 2.93. The Bertz CT molecular complexity index is 936. The molecule has 3 N–H and O–H groups in total. The third-order valence-corrected chi connectivity index (χ3v) is 4.52. The van der Waals surface area contributed by atoms with Gasteiger partial charge in [-0.1, -0.05) is 30.3 Å². The number of hydrogen-bond donors (Lipinski definition) is 2. The second-order valence-electron chi connectivity index (χ2n) is 5.23. The average Bonchev–Trinajstić information content (AvgIpc) is 3.07. The van der Waals surface area contributed by atoms with Gasteiger partial charge in [0.2, 0.25) is 22.3 Å². The van der Waals surface area contributed by atoms with Crippen LogP contribution in [0.2, 0.25) is 0 Å². The van der Waals surface area contributed by atoms with Gasteiger partial charge in [0.1, 0.15) is 0 Å². The summed E-state index contributed by atoms with van der Waals surface area (Å²) in [5.74, 6) is 0.509. The van der Waals surface area contributed by atoms with Gasteiger partial charge in [-0.05, 0) is 34.4 Å². The molecule has 0 aliphatic carbocycles. The number of primary sulfonamides is 1. The molecule has 2 aromatic carbocycles. The van der Waals surface area contributed by atoms with Gasteiger partial charge in [-0.2, -0.15) is 0 Å². The Morgan fingerprint density at radius 1 is 1.12 bits per heavy atom. The molecule has 3 rings (SSSR count). The molecule has 24 heavy (non-hydrogen) atoms. The van der Waals surface area contributed by atoms with E-state index in [0.29, 0.717) is 23.4 Å². The van der Waals surface area contributed by atoms with Crippen LogP contribution in [0, 0.1) is 0 Å². The molecule has 0 saturated carbocycles. The lowest BCUT2D eigenvalue weighted by atomic mass is 9.98. The van der Waals surface area contributed by atoms with Crippen molar-refractivity contribution in [3.63, 3.8) is 0 Å². The van der Waals surface area contributed by atoms with Crippen LogP contribution in [0.5, 0.6) is 0 Å². The van der Waals surface area contributed by atoms with E-state index < -0.39 is 10.0 Å². The van der Waals surface area contributed by atoms with E-state index in [9.17, 15) is 13.5 Å². The first-order chi connectivity index (χ1) is 11.5. The number of nitrogens with two attached hydrogens (primary N) is 1. The van der Waals surface area contributed by atoms with Crippen molar-refractivity contribution in [2.75, 3.05) is 0 Å². The van der Waals surface area contributed by atoms with E-state index in [1.807, 2.05) is 24.3 Å². The van der Waals surface area contributed by atoms with Crippen molar-refractivity contribution in [1.82, 2.24) is 10.2 Å². The number of benzene rings is 2. The molecule has 0 amide bonds. The Hall–Kier alpha value is -2.55. The number of aliphatic hydroxyl groups excluding tert-OH is 1. The van der Waals surface area contributed by atoms with Crippen LogP contribution in [-0.2, 0) is 23.1 Å². The van der Waals surface area contributed by atoms with Gasteiger partial charge in [0.05, 0.1) is 17.9 Å². The molecule has 0 aliphatic heterocycles. The van der Waals surface area contributed by atoms with E-state index in [4.69, 9.17) is 9.56 Å². The maximum atomic E-state index is 11.5. The Morgan fingerprint density at radius 2 is 1.88 bits per heavy atom. The molecule has 1 heterocycles. The number of aliphatic hydroxyl groups is 1. The van der Waals surface area contributed by atoms with Crippen molar-refractivity contribution in [2.45, 2.75) is 17.9 Å². The Kier molecular flexibility index (Phi) is 4.43. The van der Waals surface area contributed by atoms with E-state index in [1.54, 1.807) is 6.07 Å². The second-order valence-corrected chi connectivity index (χ2v) is 6.79. The van der Waals surface area contributed by atoms with Crippen LogP contribution in [0.4, 0.5) is 0 Å². The monoisotopic (exact) mass is 345 g/mol. The molecule has 0 spiro atoms. The van der Waals surface area contributed by atoms with Gasteiger partial charge < -0.3 is 9.52 Å². The highest BCUT2D eigenvalue weighted by molar-refractivity contribution is 7.89. The minimum atomic E-state index is -3.81. The van der Waals surface area contributed by atoms with Gasteiger partial charge in [0.15, 0.2) is 0 Å². The van der Waals surface area contributed by atoms with Crippen LogP contribution in [-0.4, -0.2) is 23.7 Å². The predicted octanol–water partition coefficient (Wildman–Crippen LogP) is 1.47. The van der Waals surface area contributed by atoms with Crippen molar-refractivity contribution in [1.29, 1.82) is 0 Å². The summed E-state index contributed by atoms with van der Waals surface area (Å²) in [6, 6.07) is 11.8. The molecule has 1 aromatic heterocycles. The maximum absolute atomic E-state index is 11.5. The van der Waals surface area contributed by atoms with E-state index in [1.165, 1.54) is 18.5 Å². The van der Waals surface area contributed by atoms with Gasteiger partial charge >= 0.3 is 0 Å². The van der Waals surface area contributed by atoms with Gasteiger partial charge in [-0.25, -0.2) is 13.6 Å². The molecule has 0 saturated heterocycles. The van der Waals surface area contributed by atoms with Gasteiger partial charge in [0, 0.05) is 0 Å². The lowest BCUT2D eigenvalue weighted by molar-refractivity contribution is 0.282. The Morgan fingerprint density at radius 3 is 2.46 bits per heavy atom. The zero-order chi connectivity index (χ0) is 17.2. The largest absolute Gasteiger partial charge is 0.428 e. The summed E-state index contributed by atoms with van der Waals surface area (Å²) in [5.41, 5.74) is 2.98. The van der Waals surface area contributed by atoms with Crippen LogP contribution < -0.4 is 5.14 Å². The molecule has 3 aromatic rings. The summed E-state index contributed by atoms with van der Waals surface area (Å²) in [6.45, 7) is -0.204. The number of sulfonamides is 1. The van der Waals surface area contributed by atoms with E-state index >= 15 is 0 Å². The summed E-state index contributed by atoms with van der Waals surface area (Å²) in [7, 11) is -3.81. The first-order valence-corrected chi connectivity index (χ1v) is 8.63. The van der Waals surface area contributed by atoms with Crippen molar-refractivity contribution in [3.8, 4) is 11.1 Å². The summed E-state index contributed by atoms with van der Waals surface area (Å²) in [4.78, 5) is 0.00429. The first kappa shape index (κ1) is 16.3. The summed E-state index contributed by atoms with van der Waals surface area (Å²) in [6.07, 6.45) is 1.78. The van der Waals surface area contributed by atoms with Crippen LogP contribution >= 0.6 is 0 Å². The van der Waals surface area contributed by atoms with Crippen molar-refractivity contribution in [2.24, 2.45) is 5.14 Å². The lowest BCUT2D eigenvalue weighted by Crippen LogP contribution is -2.12. The molecule has 7 nitrogen and oxygen atoms in total. The fraction of sp³-hybridized carbons (Fsp3) is 0.125. The number of aromatic nitrogens is 2. The quantitative estimate of drug-likeness (QED) is 0.722. The summed E-state index contributed by atoms with van der Waals surface area (Å²) in [5, 5.41) is 22.1. The van der Waals surface area contributed by atoms with Crippen molar-refractivity contribution in [3.05, 3.63) is 65.9 Å². The van der Waals surface area contributed by atoms with E-state index in [2.05, 4.69) is 10.2 Å². The normalized spacial score (nSPS) is 11.6. The van der Waals surface area contributed by atoms with Crippen LogP contribution in [0.15, 0.2) is 58.2 Å². The van der Waals surface area contributed by atoms with Crippen molar-refractivity contribution >= 4 is 10.0 Å². The molecule has 0 bridgehead atoms. The first-order valence-electron chi connectivity index (χ1n) is 7.08. The molecular formula is C16H15N3O4S. The highest BCUT2D eigenvalue weighted by Crippen LogP contribution is 2.27. The lowest BCUT2D eigenvalue weighted by Gasteiger charge is -2.10. The van der Waals surface area contributed by atoms with Gasteiger partial charge in [-0.15, -0.1) is 10.2 Å². The molecule has 0 aliphatic rings. The Balaban J connectivity index is 1.96. The fourth-order valence-electron chi connectivity index (χ4n) is 2.39. The zero-order valence-electron chi connectivity index (χ0n) is 12.6. The maximum Gasteiger partial charge on any atom is 0.238 e. The summed E-state index contributed by atoms with van der Waals surface area (Å²) < 4.78 is 28.2. The smallest absolute Gasteiger partial charge is 0.238 e. The van der Waals surface area contributed by atoms with Gasteiger partial charge in [-0.3, -0.25) is 0 Å². The molecule has 124 valence electrons. The van der Waals surface area contributed by atoms with Crippen LogP contribution in [0.3, 0.4) is 0 Å². The highest BCUT2D eigenvalue weighted by Gasteiger charge is 2.13. The molecular weight excluding hydrogens is 330 g/mol. The molecule has 0 fully saturated rings. The number of hydrogen-bond acceptors (Lipinski definition) is 6. The third-order valence-electron chi connectivity index (χ3n) is 3.61. The topological polar surface area (TPSA) is 119 Å².